The zero-order valence-corrected chi connectivity index (χ0v) is 26.6. The molecule has 1 heterocycles. The Morgan fingerprint density at radius 1 is 0.778 bits per heavy atom. The van der Waals surface area contributed by atoms with E-state index in [2.05, 4.69) is 119 Å². The van der Waals surface area contributed by atoms with Gasteiger partial charge in [-0.2, -0.15) is 0 Å². The van der Waals surface area contributed by atoms with Crippen LogP contribution in [0.2, 0.25) is 0 Å². The van der Waals surface area contributed by atoms with Gasteiger partial charge in [-0.3, -0.25) is 0 Å². The van der Waals surface area contributed by atoms with E-state index >= 15 is 0 Å². The molecule has 36 heavy (non-hydrogen) atoms. The minimum atomic E-state index is -3.98. The molecule has 0 saturated carbocycles. The van der Waals surface area contributed by atoms with Crippen LogP contribution in [0.1, 0.15) is 41.1 Å². The molecule has 0 nitrogen and oxygen atoms in total. The van der Waals surface area contributed by atoms with Crippen LogP contribution < -0.4 is 13.6 Å². The van der Waals surface area contributed by atoms with Crippen LogP contribution in [-0.2, 0) is 17.9 Å². The fourth-order valence-electron chi connectivity index (χ4n) is 6.21. The van der Waals surface area contributed by atoms with E-state index in [1.807, 2.05) is 0 Å². The van der Waals surface area contributed by atoms with Gasteiger partial charge < -0.3 is 0 Å². The standard InChI is InChI=1S/C20H21.C12H9Si.2ClH.Zr/c1-14-10-11-16-12-17(20(2,3)4)13-18(16)19(14)15-8-6-5-7-9-15;1-3-7-11-9(5-1)10-6-2-4-8-12(10)13-11;;;/h5-13H,1-4H3;1-7H,13H2;2*1H;/q;;;;+2/p-2. The van der Waals surface area contributed by atoms with Crippen molar-refractivity contribution in [2.45, 2.75) is 31.3 Å². The molecule has 4 aromatic rings. The van der Waals surface area contributed by atoms with Crippen LogP contribution in [0.5, 0.6) is 0 Å². The van der Waals surface area contributed by atoms with Gasteiger partial charge in [0.15, 0.2) is 0 Å². The minimum absolute atomic E-state index is 0.0319. The Hall–Kier alpha value is -1.70. The molecule has 1 aliphatic heterocycles. The van der Waals surface area contributed by atoms with Crippen molar-refractivity contribution in [3.63, 3.8) is 0 Å². The molecule has 1 unspecified atom stereocenters. The van der Waals surface area contributed by atoms with Crippen molar-refractivity contribution in [1.82, 2.24) is 0 Å². The van der Waals surface area contributed by atoms with Gasteiger partial charge in [0.25, 0.3) is 0 Å². The molecule has 1 atom stereocenters. The van der Waals surface area contributed by atoms with Crippen LogP contribution in [0.4, 0.5) is 0 Å². The van der Waals surface area contributed by atoms with Crippen molar-refractivity contribution < 1.29 is 17.9 Å². The first-order chi connectivity index (χ1) is 17.2. The van der Waals surface area contributed by atoms with E-state index in [1.165, 1.54) is 58.2 Å². The zero-order chi connectivity index (χ0) is 25.2. The topological polar surface area (TPSA) is 0 Å². The first kappa shape index (κ1) is 24.6. The molecule has 0 radical (unpaired) electrons. The second-order valence-corrected chi connectivity index (χ2v) is 27.0. The summed E-state index contributed by atoms with van der Waals surface area (Å²) in [5, 5.41) is 2.99. The Balaban J connectivity index is 1.56. The molecule has 0 bridgehead atoms. The SMILES string of the molecule is Cc1ccc2c(c1-c1ccccc1)C=C(C(C)(C)C)[CH]2[Zr]([Cl])([Cl])[c]1cccc2c1[SiH2]c1ccccc1-2. The average molecular weight is 605 g/mol. The Morgan fingerprint density at radius 3 is 2.22 bits per heavy atom. The van der Waals surface area contributed by atoms with Gasteiger partial charge >= 0.3 is 230 Å². The van der Waals surface area contributed by atoms with E-state index < -0.39 is 27.4 Å². The summed E-state index contributed by atoms with van der Waals surface area (Å²) in [6, 6.07) is 30.9. The molecule has 0 saturated heterocycles. The van der Waals surface area contributed by atoms with Crippen molar-refractivity contribution in [1.29, 1.82) is 0 Å². The van der Waals surface area contributed by atoms with Crippen LogP contribution >= 0.6 is 17.0 Å². The number of allylic oxidation sites excluding steroid dienone is 1. The molecule has 180 valence electrons. The van der Waals surface area contributed by atoms with E-state index in [-0.39, 0.29) is 9.04 Å². The molecule has 1 aliphatic carbocycles. The third-order valence-electron chi connectivity index (χ3n) is 7.91. The number of aryl methyl sites for hydroxylation is 1. The Labute approximate surface area is 228 Å². The van der Waals surface area contributed by atoms with Gasteiger partial charge in [-0.1, -0.05) is 0 Å². The number of benzene rings is 4. The fraction of sp³-hybridized carbons (Fsp3) is 0.188. The summed E-state index contributed by atoms with van der Waals surface area (Å²) in [4.78, 5) is 0. The van der Waals surface area contributed by atoms with Gasteiger partial charge in [0.2, 0.25) is 0 Å². The van der Waals surface area contributed by atoms with Gasteiger partial charge in [-0.25, -0.2) is 0 Å². The van der Waals surface area contributed by atoms with Gasteiger partial charge in [0, 0.05) is 0 Å². The summed E-state index contributed by atoms with van der Waals surface area (Å²) < 4.78 is 1.38. The normalized spacial score (nSPS) is 17.1. The van der Waals surface area contributed by atoms with Crippen molar-refractivity contribution >= 4 is 46.3 Å². The average Bonchev–Trinajstić information content (AvgIpc) is 3.43. The Morgan fingerprint density at radius 2 is 1.47 bits per heavy atom. The van der Waals surface area contributed by atoms with E-state index in [0.717, 1.165) is 0 Å². The molecule has 0 fully saturated rings. The number of hydrogen-bond acceptors (Lipinski definition) is 0. The van der Waals surface area contributed by atoms with Crippen LogP contribution in [0, 0.1) is 12.3 Å². The Bertz CT molecular complexity index is 1530. The number of hydrogen-bond donors (Lipinski definition) is 0. The van der Waals surface area contributed by atoms with E-state index in [4.69, 9.17) is 17.0 Å². The molecule has 2 aliphatic rings. The maximum absolute atomic E-state index is 7.82. The summed E-state index contributed by atoms with van der Waals surface area (Å²) in [6.07, 6.45) is 2.43. The second-order valence-electron chi connectivity index (χ2n) is 11.2. The van der Waals surface area contributed by atoms with Crippen molar-refractivity contribution in [2.24, 2.45) is 5.41 Å². The van der Waals surface area contributed by atoms with Crippen LogP contribution in [-0.4, -0.2) is 9.52 Å². The van der Waals surface area contributed by atoms with Crippen molar-refractivity contribution in [2.75, 3.05) is 0 Å². The molecule has 0 spiro atoms. The zero-order valence-electron chi connectivity index (χ0n) is 21.2. The van der Waals surface area contributed by atoms with Crippen molar-refractivity contribution in [3.05, 3.63) is 107 Å². The molecule has 0 N–H and O–H groups in total. The van der Waals surface area contributed by atoms with Gasteiger partial charge in [-0.15, -0.1) is 0 Å². The van der Waals surface area contributed by atoms with Crippen LogP contribution in [0.3, 0.4) is 0 Å². The van der Waals surface area contributed by atoms with E-state index in [0.29, 0.717) is 0 Å². The third kappa shape index (κ3) is 3.88. The van der Waals surface area contributed by atoms with Gasteiger partial charge in [0.05, 0.1) is 0 Å². The molecule has 0 amide bonds. The number of fused-ring (bicyclic) bond motifs is 4. The molecular weight excluding hydrogens is 575 g/mol. The second kappa shape index (κ2) is 8.95. The number of halogens is 2. The summed E-state index contributed by atoms with van der Waals surface area (Å²) >= 11 is -3.98. The third-order valence-corrected chi connectivity index (χ3v) is 22.1. The summed E-state index contributed by atoms with van der Waals surface area (Å²) in [7, 11) is 15.0. The van der Waals surface area contributed by atoms with Crippen LogP contribution in [0.25, 0.3) is 28.3 Å². The van der Waals surface area contributed by atoms with Crippen molar-refractivity contribution in [3.8, 4) is 22.3 Å². The van der Waals surface area contributed by atoms with Gasteiger partial charge in [-0.05, 0) is 0 Å². The van der Waals surface area contributed by atoms with E-state index in [9.17, 15) is 0 Å². The number of rotatable bonds is 3. The fourth-order valence-corrected chi connectivity index (χ4v) is 23.3. The van der Waals surface area contributed by atoms with Crippen LogP contribution in [0.15, 0.2) is 90.5 Å². The predicted octanol–water partition coefficient (Wildman–Crippen LogP) is 7.03. The summed E-state index contributed by atoms with van der Waals surface area (Å²) in [5.74, 6) is 0. The molecule has 6 rings (SSSR count). The molecule has 4 heteroatoms. The monoisotopic (exact) mass is 602 g/mol. The predicted molar refractivity (Wildman–Crippen MR) is 158 cm³/mol. The first-order valence-corrected chi connectivity index (χ1v) is 23.1. The first-order valence-electron chi connectivity index (χ1n) is 12.7. The maximum atomic E-state index is 7.82. The molecule has 4 aromatic carbocycles. The van der Waals surface area contributed by atoms with E-state index in [1.54, 1.807) is 0 Å². The summed E-state index contributed by atoms with van der Waals surface area (Å²) in [5.41, 5.74) is 10.6. The summed E-state index contributed by atoms with van der Waals surface area (Å²) in [6.45, 7) is 9.14. The Kier molecular flexibility index (Phi) is 6.12. The quantitative estimate of drug-likeness (QED) is 0.194. The molecule has 0 aromatic heterocycles. The molecular formula is C32H30Cl2SiZr. The van der Waals surface area contributed by atoms with Gasteiger partial charge in [0.1, 0.15) is 0 Å².